The van der Waals surface area contributed by atoms with Gasteiger partial charge in [0.25, 0.3) is 0 Å². The second-order valence-corrected chi connectivity index (χ2v) is 10.3. The van der Waals surface area contributed by atoms with Gasteiger partial charge in [0, 0.05) is 39.6 Å². The number of rotatable bonds is 4. The zero-order valence-electron chi connectivity index (χ0n) is 21.5. The topological polar surface area (TPSA) is 6.48 Å². The number of fused-ring (bicyclic) bond motifs is 2. The van der Waals surface area contributed by atoms with Gasteiger partial charge in [0.15, 0.2) is 0 Å². The van der Waals surface area contributed by atoms with Gasteiger partial charge >= 0.3 is 0 Å². The van der Waals surface area contributed by atoms with Gasteiger partial charge in [0.05, 0.1) is 0 Å². The Morgan fingerprint density at radius 2 is 0.944 bits per heavy atom. The Hall–Kier alpha value is -4.04. The van der Waals surface area contributed by atoms with Crippen LogP contribution in [-0.4, -0.2) is 28.2 Å². The maximum atomic E-state index is 2.40. The second kappa shape index (κ2) is 8.87. The van der Waals surface area contributed by atoms with E-state index in [-0.39, 0.29) is 0 Å². The predicted molar refractivity (Wildman–Crippen MR) is 157 cm³/mol. The standard InChI is InChI=1S/C34H32N2/c1-35(2)29-15-9-23(10-16-29)19-27-13-14-28(20-24-11-17-30(18-12-24)36(3)4)33(27)34-31-21-25-7-5-6-8-26(25)22-32(31)34/h5-12,15-22H,13-14H2,1-4H3/b27-19+,28-20+. The molecule has 4 aromatic carbocycles. The number of anilines is 2. The molecule has 2 heteroatoms. The highest BCUT2D eigenvalue weighted by Crippen LogP contribution is 2.53. The molecule has 0 spiro atoms. The van der Waals surface area contributed by atoms with Gasteiger partial charge in [-0.05, 0) is 105 Å². The van der Waals surface area contributed by atoms with Gasteiger partial charge in [-0.2, -0.15) is 0 Å². The molecule has 2 aliphatic carbocycles. The molecule has 6 rings (SSSR count). The minimum atomic E-state index is 1.07. The molecule has 4 aromatic rings. The highest BCUT2D eigenvalue weighted by Gasteiger charge is 2.34. The molecule has 1 fully saturated rings. The monoisotopic (exact) mass is 468 g/mol. The van der Waals surface area contributed by atoms with E-state index in [0.717, 1.165) is 12.8 Å². The average Bonchev–Trinajstić information content (AvgIpc) is 3.44. The Kier molecular flexibility index (Phi) is 5.53. The Morgan fingerprint density at radius 1 is 0.528 bits per heavy atom. The van der Waals surface area contributed by atoms with Crippen LogP contribution in [0.5, 0.6) is 0 Å². The van der Waals surface area contributed by atoms with Gasteiger partial charge in [-0.1, -0.05) is 60.7 Å². The van der Waals surface area contributed by atoms with Crippen molar-refractivity contribution < 1.29 is 0 Å². The van der Waals surface area contributed by atoms with E-state index >= 15 is 0 Å². The van der Waals surface area contributed by atoms with Crippen LogP contribution in [0.4, 0.5) is 11.4 Å². The first-order valence-electron chi connectivity index (χ1n) is 12.7. The molecule has 0 unspecified atom stereocenters. The lowest BCUT2D eigenvalue weighted by molar-refractivity contribution is 1.06. The lowest BCUT2D eigenvalue weighted by Gasteiger charge is -2.12. The summed E-state index contributed by atoms with van der Waals surface area (Å²) in [6, 6.07) is 31.2. The SMILES string of the molecule is CN(C)c1ccc(/C=C2\CC/C(=C\c3ccc(N(C)C)cc3)C2=C2c3cc4ccccc4cc32)cc1. The third-order valence-electron chi connectivity index (χ3n) is 7.42. The van der Waals surface area contributed by atoms with E-state index in [1.54, 1.807) is 0 Å². The molecule has 0 N–H and O–H groups in total. The fourth-order valence-electron chi connectivity index (χ4n) is 5.35. The Balaban J connectivity index is 1.45. The van der Waals surface area contributed by atoms with Gasteiger partial charge in [0.1, 0.15) is 0 Å². The number of hydrogen-bond acceptors (Lipinski definition) is 2. The van der Waals surface area contributed by atoms with Crippen LogP contribution < -0.4 is 9.80 Å². The van der Waals surface area contributed by atoms with Crippen molar-refractivity contribution in [1.29, 1.82) is 0 Å². The lowest BCUT2D eigenvalue weighted by Crippen LogP contribution is -2.07. The fraction of sp³-hybridized carbons (Fsp3) is 0.176. The highest BCUT2D eigenvalue weighted by molar-refractivity contribution is 6.10. The fourth-order valence-corrected chi connectivity index (χ4v) is 5.35. The first-order chi connectivity index (χ1) is 17.5. The molecule has 0 aliphatic heterocycles. The summed E-state index contributed by atoms with van der Waals surface area (Å²) in [5.41, 5.74) is 13.6. The van der Waals surface area contributed by atoms with Gasteiger partial charge in [-0.15, -0.1) is 0 Å². The second-order valence-electron chi connectivity index (χ2n) is 10.3. The van der Waals surface area contributed by atoms with Crippen LogP contribution in [0.3, 0.4) is 0 Å². The highest BCUT2D eigenvalue weighted by atomic mass is 15.1. The summed E-state index contributed by atoms with van der Waals surface area (Å²) in [6.45, 7) is 0. The Morgan fingerprint density at radius 3 is 1.33 bits per heavy atom. The Labute approximate surface area is 214 Å². The van der Waals surface area contributed by atoms with Crippen LogP contribution in [-0.2, 0) is 0 Å². The minimum absolute atomic E-state index is 1.07. The molecule has 0 heterocycles. The van der Waals surface area contributed by atoms with E-state index < -0.39 is 0 Å². The van der Waals surface area contributed by atoms with Gasteiger partial charge in [-0.3, -0.25) is 0 Å². The van der Waals surface area contributed by atoms with Crippen molar-refractivity contribution in [3.05, 3.63) is 124 Å². The number of nitrogens with zero attached hydrogens (tertiary/aromatic N) is 2. The van der Waals surface area contributed by atoms with Crippen LogP contribution >= 0.6 is 0 Å². The number of hydrogen-bond donors (Lipinski definition) is 0. The van der Waals surface area contributed by atoms with E-state index in [1.165, 1.54) is 66.7 Å². The lowest BCUT2D eigenvalue weighted by atomic mass is 9.99. The summed E-state index contributed by atoms with van der Waals surface area (Å²) >= 11 is 0. The van der Waals surface area contributed by atoms with Crippen molar-refractivity contribution in [2.45, 2.75) is 12.8 Å². The van der Waals surface area contributed by atoms with Crippen molar-refractivity contribution in [3.8, 4) is 0 Å². The molecular formula is C34H32N2. The molecule has 0 radical (unpaired) electrons. The summed E-state index contributed by atoms with van der Waals surface area (Å²) in [4.78, 5) is 4.29. The number of allylic oxidation sites excluding steroid dienone is 3. The smallest absolute Gasteiger partial charge is 0.0361 e. The molecule has 0 amide bonds. The summed E-state index contributed by atoms with van der Waals surface area (Å²) in [6.07, 6.45) is 6.94. The molecular weight excluding hydrogens is 436 g/mol. The summed E-state index contributed by atoms with van der Waals surface area (Å²) in [5.74, 6) is 0. The molecule has 36 heavy (non-hydrogen) atoms. The quantitative estimate of drug-likeness (QED) is 0.263. The first kappa shape index (κ1) is 22.4. The van der Waals surface area contributed by atoms with Crippen LogP contribution in [0, 0.1) is 0 Å². The van der Waals surface area contributed by atoms with E-state index in [2.05, 4.69) is 135 Å². The maximum absolute atomic E-state index is 2.40. The zero-order valence-corrected chi connectivity index (χ0v) is 21.5. The van der Waals surface area contributed by atoms with E-state index in [1.807, 2.05) is 0 Å². The third-order valence-corrected chi connectivity index (χ3v) is 7.42. The van der Waals surface area contributed by atoms with Gasteiger partial charge in [-0.25, -0.2) is 0 Å². The van der Waals surface area contributed by atoms with Crippen molar-refractivity contribution in [3.63, 3.8) is 0 Å². The molecule has 2 nitrogen and oxygen atoms in total. The summed E-state index contributed by atoms with van der Waals surface area (Å²) in [7, 11) is 8.35. The molecule has 0 atom stereocenters. The molecule has 2 aliphatic rings. The molecule has 178 valence electrons. The van der Waals surface area contributed by atoms with Crippen LogP contribution in [0.25, 0.3) is 28.5 Å². The van der Waals surface area contributed by atoms with Gasteiger partial charge in [0.2, 0.25) is 0 Å². The summed E-state index contributed by atoms with van der Waals surface area (Å²) < 4.78 is 0. The molecule has 0 bridgehead atoms. The third kappa shape index (κ3) is 4.13. The first-order valence-corrected chi connectivity index (χ1v) is 12.7. The Bertz CT molecular complexity index is 1430. The van der Waals surface area contributed by atoms with Crippen LogP contribution in [0.2, 0.25) is 0 Å². The predicted octanol–water partition coefficient (Wildman–Crippen LogP) is 8.05. The number of benzene rings is 4. The molecule has 0 saturated heterocycles. The van der Waals surface area contributed by atoms with E-state index in [9.17, 15) is 0 Å². The zero-order chi connectivity index (χ0) is 24.8. The minimum Gasteiger partial charge on any atom is -0.378 e. The van der Waals surface area contributed by atoms with Gasteiger partial charge < -0.3 is 9.80 Å². The summed E-state index contributed by atoms with van der Waals surface area (Å²) in [5, 5.41) is 2.64. The normalized spacial score (nSPS) is 16.7. The van der Waals surface area contributed by atoms with Crippen LogP contribution in [0.15, 0.2) is 102 Å². The average molecular weight is 469 g/mol. The van der Waals surface area contributed by atoms with Crippen molar-refractivity contribution >= 4 is 39.9 Å². The van der Waals surface area contributed by atoms with E-state index in [0.29, 0.717) is 0 Å². The van der Waals surface area contributed by atoms with Crippen molar-refractivity contribution in [2.75, 3.05) is 38.0 Å². The largest absolute Gasteiger partial charge is 0.378 e. The molecule has 0 aromatic heterocycles. The molecule has 1 saturated carbocycles. The van der Waals surface area contributed by atoms with E-state index in [4.69, 9.17) is 0 Å². The maximum Gasteiger partial charge on any atom is 0.0361 e. The van der Waals surface area contributed by atoms with Crippen LogP contribution in [0.1, 0.15) is 35.1 Å². The van der Waals surface area contributed by atoms with Crippen molar-refractivity contribution in [1.82, 2.24) is 0 Å². The van der Waals surface area contributed by atoms with Crippen molar-refractivity contribution in [2.24, 2.45) is 0 Å².